The van der Waals surface area contributed by atoms with E-state index in [2.05, 4.69) is 20.7 Å². The number of halogens is 2. The highest BCUT2D eigenvalue weighted by Crippen LogP contribution is 2.21. The zero-order chi connectivity index (χ0) is 12.8. The van der Waals surface area contributed by atoms with Crippen molar-refractivity contribution < 1.29 is 14.3 Å². The van der Waals surface area contributed by atoms with Crippen LogP contribution in [0.4, 0.5) is 0 Å². The van der Waals surface area contributed by atoms with E-state index in [9.17, 15) is 9.59 Å². The summed E-state index contributed by atoms with van der Waals surface area (Å²) < 4.78 is 5.44. The number of hydrogen-bond donors (Lipinski definition) is 0. The zero-order valence-electron chi connectivity index (χ0n) is 9.07. The molecule has 90 valence electrons. The third-order valence-electron chi connectivity index (χ3n) is 1.85. The highest BCUT2D eigenvalue weighted by Gasteiger charge is 2.08. The van der Waals surface area contributed by atoms with Gasteiger partial charge in [0.25, 0.3) is 0 Å². The standard InChI is InChI=1S/C12H10BrClO3/c1-2-17-12(16)6-5-11(15)9-4-3-8(13)7-10(9)14/h3-7H,2H2,1H3. The molecule has 3 nitrogen and oxygen atoms in total. The number of hydrogen-bond acceptors (Lipinski definition) is 3. The first-order valence-electron chi connectivity index (χ1n) is 4.88. The predicted molar refractivity (Wildman–Crippen MR) is 69.3 cm³/mol. The third kappa shape index (κ3) is 4.32. The van der Waals surface area contributed by atoms with Crippen molar-refractivity contribution in [2.75, 3.05) is 6.61 Å². The van der Waals surface area contributed by atoms with Gasteiger partial charge in [-0.3, -0.25) is 4.79 Å². The first-order chi connectivity index (χ1) is 8.04. The minimum absolute atomic E-state index is 0.274. The van der Waals surface area contributed by atoms with Gasteiger partial charge in [-0.25, -0.2) is 4.79 Å². The lowest BCUT2D eigenvalue weighted by Crippen LogP contribution is -2.02. The van der Waals surface area contributed by atoms with E-state index in [4.69, 9.17) is 11.6 Å². The van der Waals surface area contributed by atoms with Gasteiger partial charge in [-0.1, -0.05) is 27.5 Å². The molecule has 0 aliphatic heterocycles. The summed E-state index contributed by atoms with van der Waals surface area (Å²) in [5.41, 5.74) is 0.343. The topological polar surface area (TPSA) is 43.4 Å². The molecule has 0 N–H and O–H groups in total. The number of carbonyl (C=O) groups is 2. The summed E-state index contributed by atoms with van der Waals surface area (Å²) in [7, 11) is 0. The second-order valence-electron chi connectivity index (χ2n) is 3.07. The van der Waals surface area contributed by atoms with Crippen LogP contribution in [0.1, 0.15) is 17.3 Å². The van der Waals surface area contributed by atoms with Gasteiger partial charge >= 0.3 is 5.97 Å². The predicted octanol–water partition coefficient (Wildman–Crippen LogP) is 3.40. The second-order valence-corrected chi connectivity index (χ2v) is 4.40. The number of ketones is 1. The molecular formula is C12H10BrClO3. The molecule has 5 heteroatoms. The van der Waals surface area contributed by atoms with Crippen molar-refractivity contribution in [3.05, 3.63) is 45.4 Å². The van der Waals surface area contributed by atoms with Crippen LogP contribution < -0.4 is 0 Å². The lowest BCUT2D eigenvalue weighted by Gasteiger charge is -2.00. The van der Waals surface area contributed by atoms with Crippen LogP contribution in [0.3, 0.4) is 0 Å². The van der Waals surface area contributed by atoms with Crippen molar-refractivity contribution in [1.29, 1.82) is 0 Å². The van der Waals surface area contributed by atoms with E-state index in [1.54, 1.807) is 25.1 Å². The molecule has 0 amide bonds. The molecule has 0 aliphatic carbocycles. The summed E-state index contributed by atoms with van der Waals surface area (Å²) in [5, 5.41) is 0.331. The SMILES string of the molecule is CCOC(=O)C=CC(=O)c1ccc(Br)cc1Cl. The Morgan fingerprint density at radius 1 is 1.41 bits per heavy atom. The number of carbonyl (C=O) groups excluding carboxylic acids is 2. The van der Waals surface area contributed by atoms with Gasteiger partial charge in [0.2, 0.25) is 0 Å². The minimum Gasteiger partial charge on any atom is -0.463 e. The van der Waals surface area contributed by atoms with Gasteiger partial charge in [-0.2, -0.15) is 0 Å². The van der Waals surface area contributed by atoms with Crippen molar-refractivity contribution in [2.45, 2.75) is 6.92 Å². The maximum atomic E-state index is 11.7. The van der Waals surface area contributed by atoms with Gasteiger partial charge in [0, 0.05) is 16.1 Å². The highest BCUT2D eigenvalue weighted by molar-refractivity contribution is 9.10. The summed E-state index contributed by atoms with van der Waals surface area (Å²) in [6.07, 6.45) is 2.23. The summed E-state index contributed by atoms with van der Waals surface area (Å²) in [5.74, 6) is -0.885. The van der Waals surface area contributed by atoms with Gasteiger partial charge in [0.15, 0.2) is 5.78 Å². The fourth-order valence-electron chi connectivity index (χ4n) is 1.11. The van der Waals surface area contributed by atoms with Gasteiger partial charge in [-0.05, 0) is 31.2 Å². The molecule has 1 rings (SSSR count). The monoisotopic (exact) mass is 316 g/mol. The summed E-state index contributed by atoms with van der Waals surface area (Å²) >= 11 is 9.14. The van der Waals surface area contributed by atoms with Crippen molar-refractivity contribution in [2.24, 2.45) is 0 Å². The van der Waals surface area contributed by atoms with E-state index >= 15 is 0 Å². The first-order valence-corrected chi connectivity index (χ1v) is 6.06. The molecule has 1 aromatic rings. The molecule has 0 aliphatic rings. The molecule has 0 bridgehead atoms. The Hall–Kier alpha value is -1.13. The molecule has 0 unspecified atom stereocenters. The number of rotatable bonds is 4. The van der Waals surface area contributed by atoms with Crippen molar-refractivity contribution in [1.82, 2.24) is 0 Å². The van der Waals surface area contributed by atoms with E-state index < -0.39 is 5.97 Å². The van der Waals surface area contributed by atoms with Crippen LogP contribution in [-0.2, 0) is 9.53 Å². The van der Waals surface area contributed by atoms with Crippen molar-refractivity contribution >= 4 is 39.3 Å². The van der Waals surface area contributed by atoms with Gasteiger partial charge < -0.3 is 4.74 Å². The molecule has 0 saturated carbocycles. The van der Waals surface area contributed by atoms with E-state index in [1.165, 1.54) is 0 Å². The number of esters is 1. The molecule has 0 heterocycles. The van der Waals surface area contributed by atoms with Crippen molar-refractivity contribution in [3.63, 3.8) is 0 Å². The molecule has 0 saturated heterocycles. The van der Waals surface area contributed by atoms with Crippen LogP contribution in [0.25, 0.3) is 0 Å². The smallest absolute Gasteiger partial charge is 0.330 e. The van der Waals surface area contributed by atoms with E-state index in [1.807, 2.05) is 0 Å². The highest BCUT2D eigenvalue weighted by atomic mass is 79.9. The quantitative estimate of drug-likeness (QED) is 0.485. The number of benzene rings is 1. The lowest BCUT2D eigenvalue weighted by molar-refractivity contribution is -0.137. The van der Waals surface area contributed by atoms with Gasteiger partial charge in [0.05, 0.1) is 11.6 Å². The molecule has 0 aromatic heterocycles. The first kappa shape index (κ1) is 13.9. The number of ether oxygens (including phenoxy) is 1. The Balaban J connectivity index is 2.80. The molecule has 0 fully saturated rings. The fourth-order valence-corrected chi connectivity index (χ4v) is 1.88. The normalized spacial score (nSPS) is 10.5. The maximum absolute atomic E-state index is 11.7. The summed E-state index contributed by atoms with van der Waals surface area (Å²) in [6.45, 7) is 1.97. The van der Waals surface area contributed by atoms with E-state index in [0.717, 1.165) is 16.6 Å². The lowest BCUT2D eigenvalue weighted by atomic mass is 10.1. The van der Waals surface area contributed by atoms with Gasteiger partial charge in [0.1, 0.15) is 0 Å². The summed E-state index contributed by atoms with van der Waals surface area (Å²) in [4.78, 5) is 22.7. The molecule has 1 aromatic carbocycles. The van der Waals surface area contributed by atoms with Crippen LogP contribution >= 0.6 is 27.5 Å². The fraction of sp³-hybridized carbons (Fsp3) is 0.167. The van der Waals surface area contributed by atoms with E-state index in [-0.39, 0.29) is 12.4 Å². The number of allylic oxidation sites excluding steroid dienone is 1. The van der Waals surface area contributed by atoms with E-state index in [0.29, 0.717) is 10.6 Å². The zero-order valence-corrected chi connectivity index (χ0v) is 11.4. The molecular weight excluding hydrogens is 307 g/mol. The molecule has 0 atom stereocenters. The Bertz CT molecular complexity index is 469. The Morgan fingerprint density at radius 3 is 2.71 bits per heavy atom. The van der Waals surface area contributed by atoms with Crippen LogP contribution in [0.5, 0.6) is 0 Å². The molecule has 17 heavy (non-hydrogen) atoms. The Morgan fingerprint density at radius 2 is 2.12 bits per heavy atom. The van der Waals surface area contributed by atoms with Gasteiger partial charge in [-0.15, -0.1) is 0 Å². The van der Waals surface area contributed by atoms with Crippen LogP contribution in [0.2, 0.25) is 5.02 Å². The summed E-state index contributed by atoms with van der Waals surface area (Å²) in [6, 6.07) is 4.91. The molecule has 0 spiro atoms. The Labute approximate surface area is 113 Å². The second kappa shape index (κ2) is 6.57. The third-order valence-corrected chi connectivity index (χ3v) is 2.66. The van der Waals surface area contributed by atoms with Crippen LogP contribution in [-0.4, -0.2) is 18.4 Å². The Kier molecular flexibility index (Phi) is 5.38. The minimum atomic E-state index is -0.547. The van der Waals surface area contributed by atoms with Crippen molar-refractivity contribution in [3.8, 4) is 0 Å². The van der Waals surface area contributed by atoms with Crippen LogP contribution in [0, 0.1) is 0 Å². The average Bonchev–Trinajstić information content (AvgIpc) is 2.26. The maximum Gasteiger partial charge on any atom is 0.330 e. The molecule has 0 radical (unpaired) electrons. The largest absolute Gasteiger partial charge is 0.463 e. The average molecular weight is 318 g/mol. The van der Waals surface area contributed by atoms with Crippen LogP contribution in [0.15, 0.2) is 34.8 Å².